The molecule has 0 radical (unpaired) electrons. The molecule has 1 saturated heterocycles. The summed E-state index contributed by atoms with van der Waals surface area (Å²) in [4.78, 5) is 47.4. The Morgan fingerprint density at radius 3 is 2.51 bits per heavy atom. The molecule has 1 saturated carbocycles. The summed E-state index contributed by atoms with van der Waals surface area (Å²) >= 11 is 0. The first-order valence-corrected chi connectivity index (χ1v) is 19.8. The molecule has 12 nitrogen and oxygen atoms in total. The van der Waals surface area contributed by atoms with Crippen LogP contribution in [0.1, 0.15) is 58.3 Å². The van der Waals surface area contributed by atoms with Crippen LogP contribution in [0.15, 0.2) is 83.8 Å². The van der Waals surface area contributed by atoms with E-state index >= 15 is 0 Å². The van der Waals surface area contributed by atoms with Crippen molar-refractivity contribution in [2.75, 3.05) is 25.5 Å². The van der Waals surface area contributed by atoms with Crippen LogP contribution in [0.4, 0.5) is 5.69 Å². The number of pyridine rings is 1. The molecule has 3 heterocycles. The van der Waals surface area contributed by atoms with Gasteiger partial charge in [0.1, 0.15) is 34.1 Å². The molecule has 4 aromatic rings. The normalized spacial score (nSPS) is 24.3. The second kappa shape index (κ2) is 15.1. The van der Waals surface area contributed by atoms with E-state index < -0.39 is 39.5 Å². The van der Waals surface area contributed by atoms with E-state index in [1.165, 1.54) is 17.9 Å². The van der Waals surface area contributed by atoms with Crippen LogP contribution in [0.2, 0.25) is 0 Å². The number of amides is 3. The molecular formula is C40H45N5O7S. The lowest BCUT2D eigenvalue weighted by Crippen LogP contribution is -2.56. The molecule has 3 aromatic carbocycles. The SMILES string of the molecule is COc1ccc2c(O[C@@H]3C[C@@H](C(=O)N[C@]45C[C@H]4CCCCCCCNc4ccccc4S(=O)(=O)NC5=O)N(C(C)=O)C3)cc(-c3ccccc3)nc2c1. The lowest BCUT2D eigenvalue weighted by atomic mass is 10.0. The predicted molar refractivity (Wildman–Crippen MR) is 201 cm³/mol. The highest BCUT2D eigenvalue weighted by Crippen LogP contribution is 2.48. The van der Waals surface area contributed by atoms with Gasteiger partial charge in [0.15, 0.2) is 0 Å². The van der Waals surface area contributed by atoms with E-state index in [9.17, 15) is 22.8 Å². The van der Waals surface area contributed by atoms with E-state index in [0.29, 0.717) is 47.8 Å². The van der Waals surface area contributed by atoms with Gasteiger partial charge in [-0.15, -0.1) is 0 Å². The van der Waals surface area contributed by atoms with Crippen LogP contribution in [0.5, 0.6) is 11.5 Å². The summed E-state index contributed by atoms with van der Waals surface area (Å²) in [6, 6.07) is 22.7. The molecule has 3 N–H and O–H groups in total. The van der Waals surface area contributed by atoms with E-state index in [1.54, 1.807) is 25.3 Å². The molecule has 0 spiro atoms. The van der Waals surface area contributed by atoms with Crippen molar-refractivity contribution in [1.82, 2.24) is 19.9 Å². The number of aromatic nitrogens is 1. The number of nitrogens with zero attached hydrogens (tertiary/aromatic N) is 2. The number of carbonyl (C=O) groups excluding carboxylic acids is 3. The van der Waals surface area contributed by atoms with Crippen LogP contribution in [-0.4, -0.2) is 73.9 Å². The largest absolute Gasteiger partial charge is 0.497 e. The monoisotopic (exact) mass is 739 g/mol. The molecule has 2 aliphatic heterocycles. The van der Waals surface area contributed by atoms with Crippen molar-refractivity contribution in [2.24, 2.45) is 5.92 Å². The van der Waals surface area contributed by atoms with Crippen LogP contribution in [0, 0.1) is 5.92 Å². The van der Waals surface area contributed by atoms with Gasteiger partial charge in [-0.05, 0) is 49.4 Å². The molecular weight excluding hydrogens is 695 g/mol. The number of carbonyl (C=O) groups is 3. The van der Waals surface area contributed by atoms with Gasteiger partial charge < -0.3 is 25.0 Å². The lowest BCUT2D eigenvalue weighted by molar-refractivity contribution is -0.138. The maximum Gasteiger partial charge on any atom is 0.266 e. The quantitative estimate of drug-likeness (QED) is 0.235. The van der Waals surface area contributed by atoms with Crippen molar-refractivity contribution < 1.29 is 32.3 Å². The van der Waals surface area contributed by atoms with Gasteiger partial charge in [0, 0.05) is 43.0 Å². The fourth-order valence-corrected chi connectivity index (χ4v) is 8.89. The summed E-state index contributed by atoms with van der Waals surface area (Å²) in [5.74, 6) is -0.647. The molecule has 53 heavy (non-hydrogen) atoms. The maximum atomic E-state index is 14.2. The molecule has 278 valence electrons. The van der Waals surface area contributed by atoms with Crippen molar-refractivity contribution in [3.8, 4) is 22.8 Å². The number of fused-ring (bicyclic) bond motifs is 3. The van der Waals surface area contributed by atoms with Gasteiger partial charge in [-0.1, -0.05) is 68.1 Å². The van der Waals surface area contributed by atoms with E-state index in [-0.39, 0.29) is 29.7 Å². The number of methoxy groups -OCH3 is 1. The van der Waals surface area contributed by atoms with Crippen molar-refractivity contribution in [3.05, 3.63) is 78.9 Å². The van der Waals surface area contributed by atoms with Gasteiger partial charge in [0.05, 0.1) is 30.6 Å². The fourth-order valence-electron chi connectivity index (χ4n) is 7.67. The zero-order valence-electron chi connectivity index (χ0n) is 30.0. The molecule has 2 fully saturated rings. The van der Waals surface area contributed by atoms with Crippen molar-refractivity contribution in [2.45, 2.75) is 80.9 Å². The Balaban J connectivity index is 1.14. The third-order valence-corrected chi connectivity index (χ3v) is 12.0. The second-order valence-corrected chi connectivity index (χ2v) is 15.8. The summed E-state index contributed by atoms with van der Waals surface area (Å²) in [6.07, 6.45) is 5.32. The molecule has 0 unspecified atom stereocenters. The Kier molecular flexibility index (Phi) is 10.3. The highest BCUT2D eigenvalue weighted by molar-refractivity contribution is 7.90. The molecule has 7 rings (SSSR count). The fraction of sp³-hybridized carbons (Fsp3) is 0.400. The van der Waals surface area contributed by atoms with Gasteiger partial charge >= 0.3 is 0 Å². The van der Waals surface area contributed by atoms with Gasteiger partial charge in [-0.3, -0.25) is 14.4 Å². The van der Waals surface area contributed by atoms with E-state index in [4.69, 9.17) is 14.5 Å². The molecule has 1 aromatic heterocycles. The van der Waals surface area contributed by atoms with Gasteiger partial charge in [0.2, 0.25) is 11.8 Å². The molecule has 3 amide bonds. The Morgan fingerprint density at radius 1 is 0.962 bits per heavy atom. The number of hydrogen-bond donors (Lipinski definition) is 3. The Hall–Kier alpha value is -5.17. The minimum atomic E-state index is -4.27. The summed E-state index contributed by atoms with van der Waals surface area (Å²) in [5, 5.41) is 6.91. The Bertz CT molecular complexity index is 2130. The van der Waals surface area contributed by atoms with Gasteiger partial charge in [-0.2, -0.15) is 0 Å². The molecule has 4 atom stereocenters. The minimum absolute atomic E-state index is 0.0297. The highest BCUT2D eigenvalue weighted by Gasteiger charge is 2.62. The highest BCUT2D eigenvalue weighted by atomic mass is 32.2. The van der Waals surface area contributed by atoms with E-state index in [1.807, 2.05) is 54.6 Å². The van der Waals surface area contributed by atoms with Crippen LogP contribution in [0.3, 0.4) is 0 Å². The topological polar surface area (TPSA) is 156 Å². The minimum Gasteiger partial charge on any atom is -0.497 e. The first-order valence-electron chi connectivity index (χ1n) is 18.3. The maximum absolute atomic E-state index is 14.2. The Morgan fingerprint density at radius 2 is 1.72 bits per heavy atom. The number of likely N-dealkylation sites (tertiary alicyclic amines) is 1. The number of benzene rings is 3. The number of rotatable bonds is 6. The van der Waals surface area contributed by atoms with E-state index in [2.05, 4.69) is 15.4 Å². The summed E-state index contributed by atoms with van der Waals surface area (Å²) in [7, 11) is -2.68. The average Bonchev–Trinajstić information content (AvgIpc) is 3.68. The van der Waals surface area contributed by atoms with E-state index in [0.717, 1.165) is 43.1 Å². The van der Waals surface area contributed by atoms with Crippen molar-refractivity contribution in [3.63, 3.8) is 0 Å². The third kappa shape index (κ3) is 7.66. The number of sulfonamides is 1. The van der Waals surface area contributed by atoms with Gasteiger partial charge in [-0.25, -0.2) is 18.1 Å². The molecule has 13 heteroatoms. The summed E-state index contributed by atoms with van der Waals surface area (Å²) in [6.45, 7) is 2.16. The third-order valence-electron chi connectivity index (χ3n) is 10.6. The lowest BCUT2D eigenvalue weighted by Gasteiger charge is -2.26. The first kappa shape index (κ1) is 36.2. The molecule has 3 aliphatic rings. The first-order chi connectivity index (χ1) is 25.6. The smallest absolute Gasteiger partial charge is 0.266 e. The number of ether oxygens (including phenoxy) is 2. The second-order valence-electron chi connectivity index (χ2n) is 14.2. The van der Waals surface area contributed by atoms with Crippen molar-refractivity contribution in [1.29, 1.82) is 0 Å². The molecule has 0 bridgehead atoms. The van der Waals surface area contributed by atoms with Crippen LogP contribution in [0.25, 0.3) is 22.2 Å². The number of nitrogens with one attached hydrogen (secondary N) is 3. The molecule has 1 aliphatic carbocycles. The van der Waals surface area contributed by atoms with Crippen LogP contribution < -0.4 is 24.8 Å². The summed E-state index contributed by atoms with van der Waals surface area (Å²) < 4.78 is 41.6. The number of para-hydroxylation sites is 1. The van der Waals surface area contributed by atoms with Crippen LogP contribution >= 0.6 is 0 Å². The summed E-state index contributed by atoms with van der Waals surface area (Å²) in [5.41, 5.74) is 1.25. The van der Waals surface area contributed by atoms with Crippen molar-refractivity contribution >= 4 is 44.3 Å². The zero-order chi connectivity index (χ0) is 37.2. The van der Waals surface area contributed by atoms with Gasteiger partial charge in [0.25, 0.3) is 15.9 Å². The Labute approximate surface area is 309 Å². The average molecular weight is 740 g/mol. The zero-order valence-corrected chi connectivity index (χ0v) is 30.8. The standard InChI is InChI=1S/C40H45N5O7S/c1-26(46)45-25-30(52-36-23-33(27-13-7-6-8-14-27)42-34-21-29(51-2)18-19-31(34)36)22-35(45)38(47)43-40-24-28(40)15-9-4-3-5-12-20-41-32-16-10-11-17-37(32)53(49,50)44-39(40)48/h6-8,10-11,13-14,16-19,21,23,28,30,35,41H,3-5,9,12,15,20,22,24-25H2,1-2H3,(H,43,47)(H,44,48)/t28-,30-,35+,40-/m1/s1. The number of hydrogen-bond acceptors (Lipinski definition) is 9. The van der Waals surface area contributed by atoms with Crippen LogP contribution in [-0.2, 0) is 24.4 Å². The number of anilines is 1. The predicted octanol–water partition coefficient (Wildman–Crippen LogP) is 5.42.